The number of hydrogen-bond acceptors (Lipinski definition) is 5. The number of hydrogen-bond donors (Lipinski definition) is 1. The van der Waals surface area contributed by atoms with Gasteiger partial charge in [-0.3, -0.25) is 4.98 Å². The van der Waals surface area contributed by atoms with E-state index in [9.17, 15) is 0 Å². The van der Waals surface area contributed by atoms with Gasteiger partial charge in [-0.15, -0.1) is 0 Å². The molecule has 0 spiro atoms. The van der Waals surface area contributed by atoms with E-state index in [-0.39, 0.29) is 0 Å². The van der Waals surface area contributed by atoms with Crippen LogP contribution >= 0.6 is 0 Å². The highest BCUT2D eigenvalue weighted by molar-refractivity contribution is 5.64. The summed E-state index contributed by atoms with van der Waals surface area (Å²) < 4.78 is 5.25. The molecule has 0 amide bonds. The van der Waals surface area contributed by atoms with Crippen molar-refractivity contribution in [1.29, 1.82) is 0 Å². The van der Waals surface area contributed by atoms with Crippen molar-refractivity contribution >= 4 is 5.69 Å². The van der Waals surface area contributed by atoms with Crippen LogP contribution in [0.2, 0.25) is 0 Å². The second kappa shape index (κ2) is 4.77. The Morgan fingerprint density at radius 2 is 1.95 bits per heavy atom. The zero-order valence-corrected chi connectivity index (χ0v) is 11.3. The van der Waals surface area contributed by atoms with E-state index < -0.39 is 0 Å². The van der Waals surface area contributed by atoms with Crippen molar-refractivity contribution < 1.29 is 4.52 Å². The van der Waals surface area contributed by atoms with Gasteiger partial charge in [0.15, 0.2) is 0 Å². The van der Waals surface area contributed by atoms with Crippen LogP contribution in [0.15, 0.2) is 41.1 Å². The number of nitrogens with zero attached hydrogens (tertiary/aromatic N) is 3. The van der Waals surface area contributed by atoms with Crippen molar-refractivity contribution in [2.24, 2.45) is 0 Å². The number of aromatic nitrogens is 3. The Labute approximate surface area is 116 Å². The number of nitrogens with two attached hydrogens (primary N) is 1. The van der Waals surface area contributed by atoms with Crippen LogP contribution in [-0.2, 0) is 0 Å². The van der Waals surface area contributed by atoms with E-state index >= 15 is 0 Å². The van der Waals surface area contributed by atoms with E-state index in [0.717, 1.165) is 16.7 Å². The molecule has 5 nitrogen and oxygen atoms in total. The summed E-state index contributed by atoms with van der Waals surface area (Å²) in [7, 11) is 0. The average molecular weight is 266 g/mol. The smallest absolute Gasteiger partial charge is 0.276 e. The Bertz CT molecular complexity index is 747. The summed E-state index contributed by atoms with van der Waals surface area (Å²) in [6.45, 7) is 3.93. The Balaban J connectivity index is 1.97. The molecule has 2 aromatic heterocycles. The molecular formula is C15H14N4O. The van der Waals surface area contributed by atoms with Crippen LogP contribution in [0.25, 0.3) is 23.0 Å². The zero-order valence-electron chi connectivity index (χ0n) is 11.3. The molecule has 5 heteroatoms. The first-order valence-corrected chi connectivity index (χ1v) is 6.27. The molecule has 0 fully saturated rings. The predicted octanol–water partition coefficient (Wildman–Crippen LogP) is 3.00. The molecule has 0 radical (unpaired) electrons. The van der Waals surface area contributed by atoms with Gasteiger partial charge in [0.1, 0.15) is 5.69 Å². The maximum absolute atomic E-state index is 5.89. The number of pyridine rings is 1. The van der Waals surface area contributed by atoms with Crippen LogP contribution < -0.4 is 5.73 Å². The van der Waals surface area contributed by atoms with E-state index in [2.05, 4.69) is 15.1 Å². The van der Waals surface area contributed by atoms with Crippen LogP contribution in [0.3, 0.4) is 0 Å². The van der Waals surface area contributed by atoms with Crippen LogP contribution in [0.5, 0.6) is 0 Å². The second-order valence-electron chi connectivity index (χ2n) is 4.72. The zero-order chi connectivity index (χ0) is 14.1. The van der Waals surface area contributed by atoms with Gasteiger partial charge in [0.2, 0.25) is 5.82 Å². The third-order valence-corrected chi connectivity index (χ3v) is 3.09. The van der Waals surface area contributed by atoms with Gasteiger partial charge >= 0.3 is 0 Å². The average Bonchev–Trinajstić information content (AvgIpc) is 2.92. The summed E-state index contributed by atoms with van der Waals surface area (Å²) >= 11 is 0. The van der Waals surface area contributed by atoms with Gasteiger partial charge < -0.3 is 10.3 Å². The highest BCUT2D eigenvalue weighted by atomic mass is 16.5. The molecule has 0 aliphatic rings. The first-order valence-electron chi connectivity index (χ1n) is 6.27. The maximum atomic E-state index is 5.89. The van der Waals surface area contributed by atoms with Crippen molar-refractivity contribution in [3.8, 4) is 23.0 Å². The van der Waals surface area contributed by atoms with Crippen LogP contribution in [0.4, 0.5) is 5.69 Å². The van der Waals surface area contributed by atoms with E-state index in [0.29, 0.717) is 23.1 Å². The fraction of sp³-hybridized carbons (Fsp3) is 0.133. The molecule has 3 aromatic rings. The third kappa shape index (κ3) is 2.25. The Kier molecular flexibility index (Phi) is 2.95. The van der Waals surface area contributed by atoms with Crippen molar-refractivity contribution in [1.82, 2.24) is 15.1 Å². The molecule has 0 atom stereocenters. The minimum atomic E-state index is 0.402. The molecule has 0 bridgehead atoms. The van der Waals surface area contributed by atoms with Gasteiger partial charge in [-0.25, -0.2) is 0 Å². The molecule has 3 rings (SSSR count). The Hall–Kier alpha value is -2.69. The molecule has 0 saturated carbocycles. The number of nitrogen functional groups attached to an aromatic ring is 1. The lowest BCUT2D eigenvalue weighted by Crippen LogP contribution is -1.90. The van der Waals surface area contributed by atoms with Crippen LogP contribution in [0.1, 0.15) is 11.1 Å². The third-order valence-electron chi connectivity index (χ3n) is 3.09. The summed E-state index contributed by atoms with van der Waals surface area (Å²) in [5.41, 5.74) is 10.2. The van der Waals surface area contributed by atoms with E-state index in [1.54, 1.807) is 6.20 Å². The first-order chi connectivity index (χ1) is 9.63. The standard InChI is InChI=1S/C15H14N4O/c1-9-3-6-13(17-8-9)15-18-14(19-20-15)11-5-4-10(2)12(16)7-11/h3-8H,16H2,1-2H3. The number of benzene rings is 1. The summed E-state index contributed by atoms with van der Waals surface area (Å²) in [5, 5.41) is 3.97. The van der Waals surface area contributed by atoms with Gasteiger partial charge in [0.05, 0.1) is 0 Å². The summed E-state index contributed by atoms with van der Waals surface area (Å²) in [6.07, 6.45) is 1.77. The predicted molar refractivity (Wildman–Crippen MR) is 76.9 cm³/mol. The molecule has 0 aliphatic carbocycles. The normalized spacial score (nSPS) is 10.7. The minimum absolute atomic E-state index is 0.402. The first kappa shape index (κ1) is 12.3. The number of aryl methyl sites for hydroxylation is 2. The lowest BCUT2D eigenvalue weighted by Gasteiger charge is -2.00. The van der Waals surface area contributed by atoms with Crippen molar-refractivity contribution in [3.05, 3.63) is 47.7 Å². The second-order valence-corrected chi connectivity index (χ2v) is 4.72. The molecule has 0 aliphatic heterocycles. The van der Waals surface area contributed by atoms with Crippen LogP contribution in [0, 0.1) is 13.8 Å². The maximum Gasteiger partial charge on any atom is 0.276 e. The Morgan fingerprint density at radius 3 is 2.65 bits per heavy atom. The van der Waals surface area contributed by atoms with Crippen molar-refractivity contribution in [2.75, 3.05) is 5.73 Å². The molecule has 100 valence electrons. The molecule has 2 heterocycles. The largest absolute Gasteiger partial charge is 0.398 e. The molecule has 2 N–H and O–H groups in total. The van der Waals surface area contributed by atoms with Crippen LogP contribution in [-0.4, -0.2) is 15.1 Å². The quantitative estimate of drug-likeness (QED) is 0.721. The van der Waals surface area contributed by atoms with E-state index in [1.807, 2.05) is 44.2 Å². The van der Waals surface area contributed by atoms with E-state index in [4.69, 9.17) is 10.3 Å². The topological polar surface area (TPSA) is 77.8 Å². The Morgan fingerprint density at radius 1 is 1.10 bits per heavy atom. The summed E-state index contributed by atoms with van der Waals surface area (Å²) in [6, 6.07) is 9.51. The van der Waals surface area contributed by atoms with Gasteiger partial charge in [-0.1, -0.05) is 23.4 Å². The fourth-order valence-electron chi connectivity index (χ4n) is 1.82. The molecule has 0 saturated heterocycles. The SMILES string of the molecule is Cc1ccc(-c2nc(-c3ccc(C)c(N)c3)no2)nc1. The number of rotatable bonds is 2. The fourth-order valence-corrected chi connectivity index (χ4v) is 1.82. The molecule has 0 unspecified atom stereocenters. The molecular weight excluding hydrogens is 252 g/mol. The lowest BCUT2D eigenvalue weighted by atomic mass is 10.1. The monoisotopic (exact) mass is 266 g/mol. The van der Waals surface area contributed by atoms with Gasteiger partial charge in [-0.05, 0) is 37.1 Å². The molecule has 20 heavy (non-hydrogen) atoms. The highest BCUT2D eigenvalue weighted by Gasteiger charge is 2.12. The van der Waals surface area contributed by atoms with Gasteiger partial charge in [0.25, 0.3) is 5.89 Å². The highest BCUT2D eigenvalue weighted by Crippen LogP contribution is 2.23. The van der Waals surface area contributed by atoms with E-state index in [1.165, 1.54) is 0 Å². The van der Waals surface area contributed by atoms with Crippen molar-refractivity contribution in [3.63, 3.8) is 0 Å². The molecule has 1 aromatic carbocycles. The minimum Gasteiger partial charge on any atom is -0.398 e. The number of anilines is 1. The summed E-state index contributed by atoms with van der Waals surface area (Å²) in [4.78, 5) is 8.62. The van der Waals surface area contributed by atoms with Crippen molar-refractivity contribution in [2.45, 2.75) is 13.8 Å². The van der Waals surface area contributed by atoms with Gasteiger partial charge in [0, 0.05) is 17.4 Å². The summed E-state index contributed by atoms with van der Waals surface area (Å²) in [5.74, 6) is 0.910. The lowest BCUT2D eigenvalue weighted by molar-refractivity contribution is 0.431. The van der Waals surface area contributed by atoms with Gasteiger partial charge in [-0.2, -0.15) is 4.98 Å².